The smallest absolute Gasteiger partial charge is 0.246 e. The van der Waals surface area contributed by atoms with Crippen molar-refractivity contribution >= 4 is 46.4 Å². The fraction of sp³-hybridized carbons (Fsp3) is 0.316. The molecule has 2 heterocycles. The van der Waals surface area contributed by atoms with Gasteiger partial charge in [0.15, 0.2) is 0 Å². The standard InChI is InChI=1S/C19H17Cl3N2O2/c1-26-17-7-5-12(21)10-16(17)24-18(13-6-4-11(20)9-14(13)22)23-8-2-3-15(23)19(24)25/h4-7,9-10,15,18H,2-3,8H2,1H3/t15-,18+/m0/s1. The van der Waals surface area contributed by atoms with Gasteiger partial charge in [0.05, 0.1) is 18.8 Å². The molecule has 2 aromatic rings. The molecule has 0 aromatic heterocycles. The van der Waals surface area contributed by atoms with Gasteiger partial charge in [0.2, 0.25) is 5.91 Å². The van der Waals surface area contributed by atoms with Crippen molar-refractivity contribution < 1.29 is 9.53 Å². The first-order chi connectivity index (χ1) is 12.5. The molecule has 0 saturated carbocycles. The number of fused-ring (bicyclic) bond motifs is 1. The minimum atomic E-state index is -0.313. The molecule has 0 N–H and O–H groups in total. The fourth-order valence-corrected chi connectivity index (χ4v) is 4.58. The lowest BCUT2D eigenvalue weighted by Crippen LogP contribution is -2.32. The van der Waals surface area contributed by atoms with E-state index in [1.54, 1.807) is 42.3 Å². The molecule has 0 radical (unpaired) electrons. The van der Waals surface area contributed by atoms with Crippen LogP contribution < -0.4 is 9.64 Å². The first-order valence-corrected chi connectivity index (χ1v) is 9.52. The third-order valence-corrected chi connectivity index (χ3v) is 5.81. The highest BCUT2D eigenvalue weighted by atomic mass is 35.5. The topological polar surface area (TPSA) is 32.8 Å². The Hall–Kier alpha value is -1.46. The molecule has 2 aromatic carbocycles. The van der Waals surface area contributed by atoms with Crippen molar-refractivity contribution in [3.8, 4) is 5.75 Å². The molecule has 1 amide bonds. The van der Waals surface area contributed by atoms with Crippen LogP contribution in [-0.2, 0) is 4.79 Å². The van der Waals surface area contributed by atoms with Crippen LogP contribution in [0.1, 0.15) is 24.6 Å². The van der Waals surface area contributed by atoms with Crippen LogP contribution in [0.15, 0.2) is 36.4 Å². The Morgan fingerprint density at radius 3 is 2.54 bits per heavy atom. The van der Waals surface area contributed by atoms with Crippen LogP contribution in [0.3, 0.4) is 0 Å². The van der Waals surface area contributed by atoms with Crippen LogP contribution in [0, 0.1) is 0 Å². The molecule has 4 rings (SSSR count). The maximum Gasteiger partial charge on any atom is 0.246 e. The van der Waals surface area contributed by atoms with Crippen molar-refractivity contribution in [3.05, 3.63) is 57.0 Å². The summed E-state index contributed by atoms with van der Waals surface area (Å²) in [7, 11) is 1.58. The maximum absolute atomic E-state index is 13.2. The van der Waals surface area contributed by atoms with E-state index in [0.29, 0.717) is 26.5 Å². The zero-order valence-corrected chi connectivity index (χ0v) is 16.4. The van der Waals surface area contributed by atoms with Crippen LogP contribution in [0.2, 0.25) is 15.1 Å². The SMILES string of the molecule is COc1ccc(Cl)cc1N1C(=O)[C@@H]2CCCN2[C@H]1c1ccc(Cl)cc1Cl. The molecule has 26 heavy (non-hydrogen) atoms. The molecule has 4 nitrogen and oxygen atoms in total. The largest absolute Gasteiger partial charge is 0.495 e. The van der Waals surface area contributed by atoms with Crippen LogP contribution in [0.25, 0.3) is 0 Å². The summed E-state index contributed by atoms with van der Waals surface area (Å²) in [6.45, 7) is 0.833. The molecule has 0 aliphatic carbocycles. The number of carbonyl (C=O) groups excluding carboxylic acids is 1. The Kier molecular flexibility index (Phi) is 4.78. The van der Waals surface area contributed by atoms with E-state index < -0.39 is 0 Å². The maximum atomic E-state index is 13.2. The molecular formula is C19H17Cl3N2O2. The van der Waals surface area contributed by atoms with E-state index in [4.69, 9.17) is 39.5 Å². The number of amides is 1. The van der Waals surface area contributed by atoms with Crippen molar-refractivity contribution in [2.24, 2.45) is 0 Å². The van der Waals surface area contributed by atoms with Gasteiger partial charge in [-0.15, -0.1) is 0 Å². The highest BCUT2D eigenvalue weighted by Gasteiger charge is 2.50. The fourth-order valence-electron chi connectivity index (χ4n) is 3.91. The Bertz CT molecular complexity index is 874. The van der Waals surface area contributed by atoms with E-state index in [-0.39, 0.29) is 18.1 Å². The van der Waals surface area contributed by atoms with Crippen LogP contribution in [0.5, 0.6) is 5.75 Å². The van der Waals surface area contributed by atoms with Crippen molar-refractivity contribution in [1.82, 2.24) is 4.90 Å². The molecule has 7 heteroatoms. The van der Waals surface area contributed by atoms with Gasteiger partial charge < -0.3 is 4.74 Å². The first-order valence-electron chi connectivity index (χ1n) is 8.38. The van der Waals surface area contributed by atoms with Gasteiger partial charge in [0, 0.05) is 27.2 Å². The number of halogens is 3. The van der Waals surface area contributed by atoms with Gasteiger partial charge in [-0.05, 0) is 43.2 Å². The number of anilines is 1. The normalized spacial score (nSPS) is 22.8. The molecular weight excluding hydrogens is 395 g/mol. The molecule has 2 atom stereocenters. The first kappa shape index (κ1) is 17.9. The van der Waals surface area contributed by atoms with Gasteiger partial charge in [-0.2, -0.15) is 0 Å². The Balaban J connectivity index is 1.88. The number of nitrogens with zero attached hydrogens (tertiary/aromatic N) is 2. The third kappa shape index (κ3) is 2.85. The molecule has 2 saturated heterocycles. The van der Waals surface area contributed by atoms with E-state index >= 15 is 0 Å². The van der Waals surface area contributed by atoms with E-state index in [0.717, 1.165) is 24.9 Å². The van der Waals surface area contributed by atoms with Gasteiger partial charge in [-0.25, -0.2) is 0 Å². The number of carbonyl (C=O) groups is 1. The third-order valence-electron chi connectivity index (χ3n) is 5.02. The van der Waals surface area contributed by atoms with Crippen LogP contribution >= 0.6 is 34.8 Å². The van der Waals surface area contributed by atoms with Crippen molar-refractivity contribution in [1.29, 1.82) is 0 Å². The van der Waals surface area contributed by atoms with Crippen molar-refractivity contribution in [2.75, 3.05) is 18.6 Å². The lowest BCUT2D eigenvalue weighted by atomic mass is 10.1. The number of methoxy groups -OCH3 is 1. The van der Waals surface area contributed by atoms with Crippen molar-refractivity contribution in [3.63, 3.8) is 0 Å². The van der Waals surface area contributed by atoms with Gasteiger partial charge >= 0.3 is 0 Å². The predicted octanol–water partition coefficient (Wildman–Crippen LogP) is 5.17. The van der Waals surface area contributed by atoms with Gasteiger partial charge in [-0.1, -0.05) is 40.9 Å². The second kappa shape index (κ2) is 6.93. The quantitative estimate of drug-likeness (QED) is 0.699. The number of ether oxygens (including phenoxy) is 1. The Labute approximate surface area is 167 Å². The van der Waals surface area contributed by atoms with E-state index in [1.807, 2.05) is 6.07 Å². The molecule has 0 unspecified atom stereocenters. The van der Waals surface area contributed by atoms with Crippen molar-refractivity contribution in [2.45, 2.75) is 25.0 Å². The number of hydrogen-bond acceptors (Lipinski definition) is 3. The summed E-state index contributed by atoms with van der Waals surface area (Å²) in [5.74, 6) is 0.637. The van der Waals surface area contributed by atoms with Gasteiger partial charge in [0.1, 0.15) is 11.9 Å². The Morgan fingerprint density at radius 1 is 1.08 bits per heavy atom. The Morgan fingerprint density at radius 2 is 1.81 bits per heavy atom. The summed E-state index contributed by atoms with van der Waals surface area (Å²) < 4.78 is 5.49. The zero-order valence-electron chi connectivity index (χ0n) is 14.1. The average Bonchev–Trinajstić information content (AvgIpc) is 3.18. The molecule has 0 spiro atoms. The summed E-state index contributed by atoms with van der Waals surface area (Å²) in [6, 6.07) is 10.5. The van der Waals surface area contributed by atoms with Gasteiger partial charge in [-0.3, -0.25) is 14.6 Å². The number of hydrogen-bond donors (Lipinski definition) is 0. The van der Waals surface area contributed by atoms with Crippen LogP contribution in [0.4, 0.5) is 5.69 Å². The summed E-state index contributed by atoms with van der Waals surface area (Å²) in [6.07, 6.45) is 1.51. The van der Waals surface area contributed by atoms with E-state index in [2.05, 4.69) is 4.90 Å². The average molecular weight is 412 g/mol. The lowest BCUT2D eigenvalue weighted by molar-refractivity contribution is -0.119. The van der Waals surface area contributed by atoms with E-state index in [9.17, 15) is 4.79 Å². The highest BCUT2D eigenvalue weighted by molar-refractivity contribution is 6.35. The summed E-state index contributed by atoms with van der Waals surface area (Å²) in [4.78, 5) is 17.2. The second-order valence-corrected chi connectivity index (χ2v) is 7.74. The minimum absolute atomic E-state index is 0.0408. The number of rotatable bonds is 3. The minimum Gasteiger partial charge on any atom is -0.495 e. The molecule has 2 aliphatic rings. The van der Waals surface area contributed by atoms with Crippen LogP contribution in [-0.4, -0.2) is 30.5 Å². The monoisotopic (exact) mass is 410 g/mol. The second-order valence-electron chi connectivity index (χ2n) is 6.46. The predicted molar refractivity (Wildman–Crippen MR) is 104 cm³/mol. The summed E-state index contributed by atoms with van der Waals surface area (Å²) >= 11 is 18.8. The molecule has 2 aliphatic heterocycles. The molecule has 0 bridgehead atoms. The highest BCUT2D eigenvalue weighted by Crippen LogP contribution is 2.47. The molecule has 136 valence electrons. The summed E-state index contributed by atoms with van der Waals surface area (Å²) in [5, 5.41) is 1.64. The molecule has 2 fully saturated rings. The lowest BCUT2D eigenvalue weighted by Gasteiger charge is -2.31. The number of benzene rings is 2. The van der Waals surface area contributed by atoms with E-state index in [1.165, 1.54) is 0 Å². The zero-order chi connectivity index (χ0) is 18.4. The van der Waals surface area contributed by atoms with Gasteiger partial charge in [0.25, 0.3) is 0 Å². The summed E-state index contributed by atoms with van der Waals surface area (Å²) in [5.41, 5.74) is 1.49.